The number of nitrogens with zero attached hydrogens (tertiary/aromatic N) is 2. The van der Waals surface area contributed by atoms with Gasteiger partial charge in [-0.1, -0.05) is 13.3 Å². The predicted octanol–water partition coefficient (Wildman–Crippen LogP) is 0.260. The third-order valence-electron chi connectivity index (χ3n) is 2.95. The average Bonchev–Trinajstić information content (AvgIpc) is 2.53. The highest BCUT2D eigenvalue weighted by Crippen LogP contribution is 2.24. The molecule has 6 nitrogen and oxygen atoms in total. The van der Waals surface area contributed by atoms with E-state index in [9.17, 15) is 9.59 Å². The molecule has 0 aromatic carbocycles. The second-order valence-electron chi connectivity index (χ2n) is 4.15. The van der Waals surface area contributed by atoms with Crippen molar-refractivity contribution in [2.75, 3.05) is 7.05 Å². The molecule has 0 spiro atoms. The summed E-state index contributed by atoms with van der Waals surface area (Å²) < 4.78 is 0. The van der Waals surface area contributed by atoms with Crippen molar-refractivity contribution >= 4 is 17.6 Å². The number of unbranched alkanes of at least 4 members (excludes halogenated alkanes) is 1. The summed E-state index contributed by atoms with van der Waals surface area (Å²) in [4.78, 5) is 22.9. The van der Waals surface area contributed by atoms with E-state index in [0.717, 1.165) is 25.0 Å². The van der Waals surface area contributed by atoms with Gasteiger partial charge >= 0.3 is 6.03 Å². The van der Waals surface area contributed by atoms with E-state index >= 15 is 0 Å². The third-order valence-corrected chi connectivity index (χ3v) is 2.95. The first kappa shape index (κ1) is 10.9. The zero-order chi connectivity index (χ0) is 11.7. The van der Waals surface area contributed by atoms with Crippen molar-refractivity contribution in [1.82, 2.24) is 15.6 Å². The molecule has 0 saturated carbocycles. The lowest BCUT2D eigenvalue weighted by Gasteiger charge is -2.29. The van der Waals surface area contributed by atoms with Crippen LogP contribution in [0.1, 0.15) is 26.2 Å². The number of carbonyl (C=O) groups excluding carboxylic acids is 2. The van der Waals surface area contributed by atoms with E-state index in [1.165, 1.54) is 0 Å². The van der Waals surface area contributed by atoms with Gasteiger partial charge in [0.15, 0.2) is 0 Å². The van der Waals surface area contributed by atoms with Crippen LogP contribution in [0.3, 0.4) is 0 Å². The number of amides is 3. The Bertz CT molecular complexity index is 353. The molecule has 1 fully saturated rings. The van der Waals surface area contributed by atoms with Crippen LogP contribution >= 0.6 is 0 Å². The van der Waals surface area contributed by atoms with Gasteiger partial charge in [-0.3, -0.25) is 15.1 Å². The number of hydrogen-bond donors (Lipinski definition) is 2. The van der Waals surface area contributed by atoms with Crippen molar-refractivity contribution in [2.24, 2.45) is 11.0 Å². The summed E-state index contributed by atoms with van der Waals surface area (Å²) in [6.07, 6.45) is 2.57. The Balaban J connectivity index is 2.14. The number of carbonyl (C=O) groups is 2. The summed E-state index contributed by atoms with van der Waals surface area (Å²) in [5.41, 5.74) is 0.867. The van der Waals surface area contributed by atoms with Gasteiger partial charge in [0.25, 0.3) is 0 Å². The smallest absolute Gasteiger partial charge is 0.315 e. The summed E-state index contributed by atoms with van der Waals surface area (Å²) in [5.74, 6) is -0.567. The molecule has 1 saturated heterocycles. The average molecular weight is 224 g/mol. The number of hydrogen-bond acceptors (Lipinski definition) is 4. The minimum Gasteiger partial charge on any atom is -0.315 e. The first-order chi connectivity index (χ1) is 7.63. The molecule has 2 aliphatic rings. The van der Waals surface area contributed by atoms with Crippen LogP contribution in [0, 0.1) is 5.92 Å². The van der Waals surface area contributed by atoms with Gasteiger partial charge in [0, 0.05) is 7.05 Å². The quantitative estimate of drug-likeness (QED) is 0.722. The Morgan fingerprint density at radius 3 is 2.88 bits per heavy atom. The van der Waals surface area contributed by atoms with Crippen LogP contribution in [-0.4, -0.2) is 35.9 Å². The van der Waals surface area contributed by atoms with Crippen molar-refractivity contribution in [3.63, 3.8) is 0 Å². The Morgan fingerprint density at radius 1 is 1.44 bits per heavy atom. The summed E-state index contributed by atoms with van der Waals surface area (Å²) in [6.45, 7) is 2.10. The molecule has 2 heterocycles. The molecule has 2 atom stereocenters. The van der Waals surface area contributed by atoms with Crippen molar-refractivity contribution in [1.29, 1.82) is 0 Å². The van der Waals surface area contributed by atoms with Gasteiger partial charge in [-0.2, -0.15) is 5.10 Å². The van der Waals surface area contributed by atoms with E-state index in [1.54, 1.807) is 12.1 Å². The molecule has 3 amide bonds. The number of imide groups is 1. The fourth-order valence-corrected chi connectivity index (χ4v) is 2.12. The Morgan fingerprint density at radius 2 is 2.19 bits per heavy atom. The lowest BCUT2D eigenvalue weighted by Crippen LogP contribution is -2.61. The van der Waals surface area contributed by atoms with Gasteiger partial charge in [-0.05, 0) is 12.8 Å². The summed E-state index contributed by atoms with van der Waals surface area (Å²) in [6, 6.07) is -0.440. The van der Waals surface area contributed by atoms with Gasteiger partial charge in [0.2, 0.25) is 5.91 Å². The maximum atomic E-state index is 11.7. The van der Waals surface area contributed by atoms with Gasteiger partial charge < -0.3 is 5.32 Å². The first-order valence-electron chi connectivity index (χ1n) is 5.55. The number of hydrazone groups is 1. The molecular weight excluding hydrogens is 208 g/mol. The van der Waals surface area contributed by atoms with Crippen LogP contribution in [0.25, 0.3) is 0 Å². The topological polar surface area (TPSA) is 73.8 Å². The molecule has 0 bridgehead atoms. The second kappa shape index (κ2) is 4.11. The van der Waals surface area contributed by atoms with Crippen molar-refractivity contribution in [3.05, 3.63) is 0 Å². The first-order valence-corrected chi connectivity index (χ1v) is 5.55. The summed E-state index contributed by atoms with van der Waals surface area (Å²) in [7, 11) is 1.77. The lowest BCUT2D eigenvalue weighted by atomic mass is 9.94. The largest absolute Gasteiger partial charge is 0.323 e. The molecule has 88 valence electrons. The highest BCUT2D eigenvalue weighted by atomic mass is 16.2. The monoisotopic (exact) mass is 224 g/mol. The Kier molecular flexibility index (Phi) is 2.80. The molecule has 0 radical (unpaired) electrons. The third kappa shape index (κ3) is 1.75. The SMILES string of the molecule is CCCCC1=NN(C)C2NC(=O)NC(=O)C12. The standard InChI is InChI=1S/C10H16N4O2/c1-3-4-5-6-7-8(14(2)13-6)11-10(16)12-9(7)15/h7-8H,3-5H2,1-2H3,(H2,11,12,15,16). The molecule has 2 rings (SSSR count). The van der Waals surface area contributed by atoms with E-state index in [-0.39, 0.29) is 18.0 Å². The molecule has 0 aromatic heterocycles. The van der Waals surface area contributed by atoms with E-state index in [0.29, 0.717) is 0 Å². The van der Waals surface area contributed by atoms with E-state index < -0.39 is 6.03 Å². The van der Waals surface area contributed by atoms with E-state index in [1.807, 2.05) is 0 Å². The molecule has 0 aromatic rings. The molecule has 2 aliphatic heterocycles. The number of rotatable bonds is 3. The fraction of sp³-hybridized carbons (Fsp3) is 0.700. The molecule has 6 heteroatoms. The van der Waals surface area contributed by atoms with Crippen molar-refractivity contribution in [3.8, 4) is 0 Å². The zero-order valence-corrected chi connectivity index (χ0v) is 9.49. The van der Waals surface area contributed by atoms with E-state index in [2.05, 4.69) is 22.7 Å². The maximum absolute atomic E-state index is 11.7. The van der Waals surface area contributed by atoms with Crippen LogP contribution < -0.4 is 10.6 Å². The van der Waals surface area contributed by atoms with Crippen LogP contribution in [0.5, 0.6) is 0 Å². The van der Waals surface area contributed by atoms with Gasteiger partial charge in [0.05, 0.1) is 5.71 Å². The lowest BCUT2D eigenvalue weighted by molar-refractivity contribution is -0.124. The minimum absolute atomic E-state index is 0.243. The second-order valence-corrected chi connectivity index (χ2v) is 4.15. The highest BCUT2D eigenvalue weighted by molar-refractivity contribution is 6.12. The maximum Gasteiger partial charge on any atom is 0.323 e. The molecule has 2 unspecified atom stereocenters. The Hall–Kier alpha value is -1.59. The van der Waals surface area contributed by atoms with Crippen molar-refractivity contribution in [2.45, 2.75) is 32.4 Å². The summed E-state index contributed by atoms with van der Waals surface area (Å²) >= 11 is 0. The van der Waals surface area contributed by atoms with E-state index in [4.69, 9.17) is 0 Å². The van der Waals surface area contributed by atoms with Crippen LogP contribution in [0.15, 0.2) is 5.10 Å². The Labute approximate surface area is 94.1 Å². The fourth-order valence-electron chi connectivity index (χ4n) is 2.12. The van der Waals surface area contributed by atoms with Crippen LogP contribution in [0.2, 0.25) is 0 Å². The predicted molar refractivity (Wildman–Crippen MR) is 58.7 cm³/mol. The molecular formula is C10H16N4O2. The summed E-state index contributed by atoms with van der Waals surface area (Å²) in [5, 5.41) is 11.0. The van der Waals surface area contributed by atoms with Crippen LogP contribution in [-0.2, 0) is 4.79 Å². The normalized spacial score (nSPS) is 28.4. The number of urea groups is 1. The molecule has 16 heavy (non-hydrogen) atoms. The number of fused-ring (bicyclic) bond motifs is 1. The van der Waals surface area contributed by atoms with Gasteiger partial charge in [-0.25, -0.2) is 4.79 Å². The highest BCUT2D eigenvalue weighted by Gasteiger charge is 2.44. The van der Waals surface area contributed by atoms with Gasteiger partial charge in [-0.15, -0.1) is 0 Å². The van der Waals surface area contributed by atoms with Crippen LogP contribution in [0.4, 0.5) is 4.79 Å². The minimum atomic E-state index is -0.440. The zero-order valence-electron chi connectivity index (χ0n) is 9.49. The molecule has 2 N–H and O–H groups in total. The number of nitrogens with one attached hydrogen (secondary N) is 2. The van der Waals surface area contributed by atoms with Gasteiger partial charge in [0.1, 0.15) is 12.1 Å². The molecule has 0 aliphatic carbocycles. The van der Waals surface area contributed by atoms with Crippen molar-refractivity contribution < 1.29 is 9.59 Å².